The topological polar surface area (TPSA) is 62.2 Å². The number of aromatic carboxylic acids is 1. The number of hydrogen-bond donors (Lipinski definition) is 2. The molecule has 2 rings (SSSR count). The highest BCUT2D eigenvalue weighted by atomic mass is 35.5. The summed E-state index contributed by atoms with van der Waals surface area (Å²) in [6.07, 6.45) is 0.878. The van der Waals surface area contributed by atoms with Crippen LogP contribution in [0.3, 0.4) is 0 Å². The molecule has 19 heavy (non-hydrogen) atoms. The minimum Gasteiger partial charge on any atom is -0.476 e. The molecule has 0 bridgehead atoms. The third kappa shape index (κ3) is 3.03. The molecule has 0 amide bonds. The van der Waals surface area contributed by atoms with Gasteiger partial charge in [0, 0.05) is 5.69 Å². The predicted molar refractivity (Wildman–Crippen MR) is 75.3 cm³/mol. The highest BCUT2D eigenvalue weighted by molar-refractivity contribution is 6.33. The largest absolute Gasteiger partial charge is 0.476 e. The van der Waals surface area contributed by atoms with Crippen LogP contribution in [-0.2, 0) is 6.42 Å². The van der Waals surface area contributed by atoms with Gasteiger partial charge in [0.15, 0.2) is 5.69 Å². The van der Waals surface area contributed by atoms with E-state index in [1.165, 1.54) is 6.07 Å². The van der Waals surface area contributed by atoms with Gasteiger partial charge in [0.05, 0.1) is 5.02 Å². The summed E-state index contributed by atoms with van der Waals surface area (Å²) >= 11 is 5.78. The molecule has 1 heterocycles. The molecule has 0 unspecified atom stereocenters. The molecule has 1 aromatic heterocycles. The van der Waals surface area contributed by atoms with Gasteiger partial charge >= 0.3 is 5.97 Å². The second-order valence-electron chi connectivity index (χ2n) is 3.97. The molecule has 98 valence electrons. The summed E-state index contributed by atoms with van der Waals surface area (Å²) in [5, 5.41) is 12.2. The number of nitrogens with zero attached hydrogens (tertiary/aromatic N) is 1. The van der Waals surface area contributed by atoms with E-state index in [2.05, 4.69) is 17.2 Å². The standard InChI is InChI=1S/C14H13ClN2O2/c1-2-9-5-3-4-6-11(9)16-12-8-7-10(15)13(17-12)14(18)19/h3-8H,2H2,1H3,(H,16,17)(H,18,19). The number of hydrogen-bond acceptors (Lipinski definition) is 3. The number of carbonyl (C=O) groups is 1. The second kappa shape index (κ2) is 5.71. The van der Waals surface area contributed by atoms with Crippen molar-refractivity contribution in [1.82, 2.24) is 4.98 Å². The predicted octanol–water partition coefficient (Wildman–Crippen LogP) is 3.74. The highest BCUT2D eigenvalue weighted by Crippen LogP contribution is 2.22. The highest BCUT2D eigenvalue weighted by Gasteiger charge is 2.11. The average Bonchev–Trinajstić information content (AvgIpc) is 2.41. The maximum absolute atomic E-state index is 11.0. The van der Waals surface area contributed by atoms with Gasteiger partial charge in [-0.25, -0.2) is 9.78 Å². The number of carboxylic acid groups (broad SMARTS) is 1. The zero-order chi connectivity index (χ0) is 13.8. The van der Waals surface area contributed by atoms with E-state index in [9.17, 15) is 4.79 Å². The Bertz CT molecular complexity index is 614. The number of rotatable bonds is 4. The van der Waals surface area contributed by atoms with E-state index in [1.54, 1.807) is 6.07 Å². The van der Waals surface area contributed by atoms with Crippen LogP contribution in [0.2, 0.25) is 5.02 Å². The molecule has 2 aromatic rings. The fourth-order valence-corrected chi connectivity index (χ4v) is 1.94. The first-order chi connectivity index (χ1) is 9.11. The van der Waals surface area contributed by atoms with Gasteiger partial charge in [-0.2, -0.15) is 0 Å². The fourth-order valence-electron chi connectivity index (χ4n) is 1.75. The molecule has 4 nitrogen and oxygen atoms in total. The molecule has 0 aliphatic heterocycles. The molecule has 0 saturated heterocycles. The van der Waals surface area contributed by atoms with Crippen LogP contribution in [0.1, 0.15) is 23.0 Å². The molecule has 0 radical (unpaired) electrons. The van der Waals surface area contributed by atoms with Crippen LogP contribution in [0, 0.1) is 0 Å². The molecule has 1 aromatic carbocycles. The lowest BCUT2D eigenvalue weighted by Gasteiger charge is -2.10. The number of anilines is 2. The first-order valence-corrected chi connectivity index (χ1v) is 6.24. The molecular weight excluding hydrogens is 264 g/mol. The minimum atomic E-state index is -1.14. The summed E-state index contributed by atoms with van der Waals surface area (Å²) in [6.45, 7) is 2.05. The lowest BCUT2D eigenvalue weighted by atomic mass is 10.1. The van der Waals surface area contributed by atoms with E-state index in [-0.39, 0.29) is 10.7 Å². The summed E-state index contributed by atoms with van der Waals surface area (Å²) in [5.74, 6) is -0.680. The van der Waals surface area contributed by atoms with Gasteiger partial charge in [-0.3, -0.25) is 0 Å². The smallest absolute Gasteiger partial charge is 0.356 e. The van der Waals surface area contributed by atoms with E-state index in [0.29, 0.717) is 5.82 Å². The number of para-hydroxylation sites is 1. The third-order valence-corrected chi connectivity index (χ3v) is 3.01. The zero-order valence-corrected chi connectivity index (χ0v) is 11.1. The van der Waals surface area contributed by atoms with Crippen molar-refractivity contribution >= 4 is 29.1 Å². The zero-order valence-electron chi connectivity index (χ0n) is 10.4. The van der Waals surface area contributed by atoms with Crippen molar-refractivity contribution in [2.75, 3.05) is 5.32 Å². The van der Waals surface area contributed by atoms with Crippen molar-refractivity contribution in [3.63, 3.8) is 0 Å². The summed E-state index contributed by atoms with van der Waals surface area (Å²) in [7, 11) is 0. The minimum absolute atomic E-state index is 0.127. The third-order valence-electron chi connectivity index (χ3n) is 2.71. The van der Waals surface area contributed by atoms with Crippen LogP contribution in [0.4, 0.5) is 11.5 Å². The Hall–Kier alpha value is -2.07. The summed E-state index contributed by atoms with van der Waals surface area (Å²) in [4.78, 5) is 15.0. The monoisotopic (exact) mass is 276 g/mol. The first kappa shape index (κ1) is 13.4. The Labute approximate surface area is 116 Å². The quantitative estimate of drug-likeness (QED) is 0.893. The summed E-state index contributed by atoms with van der Waals surface area (Å²) < 4.78 is 0. The van der Waals surface area contributed by atoms with Gasteiger partial charge in [-0.15, -0.1) is 0 Å². The van der Waals surface area contributed by atoms with E-state index in [0.717, 1.165) is 17.7 Å². The van der Waals surface area contributed by atoms with E-state index < -0.39 is 5.97 Å². The molecule has 0 aliphatic carbocycles. The van der Waals surface area contributed by atoms with Gasteiger partial charge < -0.3 is 10.4 Å². The molecule has 5 heteroatoms. The molecule has 0 aliphatic rings. The molecule has 2 N–H and O–H groups in total. The lowest BCUT2D eigenvalue weighted by Crippen LogP contribution is -2.04. The normalized spacial score (nSPS) is 10.2. The number of carboxylic acids is 1. The lowest BCUT2D eigenvalue weighted by molar-refractivity contribution is 0.0691. The van der Waals surface area contributed by atoms with E-state index >= 15 is 0 Å². The average molecular weight is 277 g/mol. The SMILES string of the molecule is CCc1ccccc1Nc1ccc(Cl)c(C(=O)O)n1. The molecule has 0 fully saturated rings. The Morgan fingerprint density at radius 2 is 2.05 bits per heavy atom. The summed E-state index contributed by atoms with van der Waals surface area (Å²) in [5.41, 5.74) is 1.90. The maximum Gasteiger partial charge on any atom is 0.356 e. The Kier molecular flexibility index (Phi) is 4.02. The van der Waals surface area contributed by atoms with Crippen LogP contribution in [0.5, 0.6) is 0 Å². The fraction of sp³-hybridized carbons (Fsp3) is 0.143. The Morgan fingerprint density at radius 3 is 2.74 bits per heavy atom. The van der Waals surface area contributed by atoms with Crippen LogP contribution in [0.15, 0.2) is 36.4 Å². The number of aryl methyl sites for hydroxylation is 1. The van der Waals surface area contributed by atoms with Crippen molar-refractivity contribution < 1.29 is 9.90 Å². The van der Waals surface area contributed by atoms with Crippen LogP contribution >= 0.6 is 11.6 Å². The van der Waals surface area contributed by atoms with Gasteiger partial charge in [-0.05, 0) is 30.2 Å². The van der Waals surface area contributed by atoms with Crippen LogP contribution in [0.25, 0.3) is 0 Å². The van der Waals surface area contributed by atoms with Gasteiger partial charge in [0.25, 0.3) is 0 Å². The van der Waals surface area contributed by atoms with Gasteiger partial charge in [0.2, 0.25) is 0 Å². The van der Waals surface area contributed by atoms with Gasteiger partial charge in [0.1, 0.15) is 5.82 Å². The van der Waals surface area contributed by atoms with Crippen molar-refractivity contribution in [2.45, 2.75) is 13.3 Å². The van der Waals surface area contributed by atoms with Crippen molar-refractivity contribution in [3.05, 3.63) is 52.7 Å². The maximum atomic E-state index is 11.0. The number of nitrogens with one attached hydrogen (secondary N) is 1. The molecule has 0 spiro atoms. The van der Waals surface area contributed by atoms with Crippen LogP contribution < -0.4 is 5.32 Å². The number of benzene rings is 1. The van der Waals surface area contributed by atoms with Crippen LogP contribution in [-0.4, -0.2) is 16.1 Å². The van der Waals surface area contributed by atoms with E-state index in [4.69, 9.17) is 16.7 Å². The van der Waals surface area contributed by atoms with Crippen molar-refractivity contribution in [3.8, 4) is 0 Å². The number of halogens is 1. The van der Waals surface area contributed by atoms with Crippen molar-refractivity contribution in [2.24, 2.45) is 0 Å². The molecule has 0 saturated carbocycles. The molecular formula is C14H13ClN2O2. The Morgan fingerprint density at radius 1 is 1.32 bits per heavy atom. The first-order valence-electron chi connectivity index (χ1n) is 5.86. The number of pyridine rings is 1. The van der Waals surface area contributed by atoms with Crippen molar-refractivity contribution in [1.29, 1.82) is 0 Å². The van der Waals surface area contributed by atoms with Gasteiger partial charge in [-0.1, -0.05) is 36.7 Å². The number of aromatic nitrogens is 1. The summed E-state index contributed by atoms with van der Waals surface area (Å²) in [6, 6.07) is 11.0. The van der Waals surface area contributed by atoms with E-state index in [1.807, 2.05) is 24.3 Å². The second-order valence-corrected chi connectivity index (χ2v) is 4.37. The Balaban J connectivity index is 2.33. The molecule has 0 atom stereocenters.